The molecule has 2 aliphatic rings. The van der Waals surface area contributed by atoms with Crippen LogP contribution < -0.4 is 5.32 Å². The van der Waals surface area contributed by atoms with E-state index in [9.17, 15) is 4.79 Å². The summed E-state index contributed by atoms with van der Waals surface area (Å²) in [6.07, 6.45) is 11.3. The predicted octanol–water partition coefficient (Wildman–Crippen LogP) is 3.44. The molecule has 1 saturated carbocycles. The second-order valence-electron chi connectivity index (χ2n) is 7.27. The van der Waals surface area contributed by atoms with Crippen molar-refractivity contribution in [3.63, 3.8) is 0 Å². The maximum atomic E-state index is 12.6. The third kappa shape index (κ3) is 5.28. The van der Waals surface area contributed by atoms with Gasteiger partial charge in [0.2, 0.25) is 5.91 Å². The minimum atomic E-state index is 0.314. The number of amides is 1. The van der Waals surface area contributed by atoms with Crippen LogP contribution in [0.25, 0.3) is 0 Å². The maximum absolute atomic E-state index is 12.6. The number of carbonyl (C=O) groups is 1. The Bertz CT molecular complexity index is 304. The molecule has 2 rings (SSSR count). The number of nitrogens with one attached hydrogen (secondary N) is 1. The molecule has 2 fully saturated rings. The molecule has 3 nitrogen and oxygen atoms in total. The third-order valence-corrected chi connectivity index (χ3v) is 5.53. The molecule has 0 spiro atoms. The molecule has 1 amide bonds. The normalized spacial score (nSPS) is 27.5. The second kappa shape index (κ2) is 8.77. The van der Waals surface area contributed by atoms with Crippen molar-refractivity contribution in [3.8, 4) is 0 Å². The van der Waals surface area contributed by atoms with Gasteiger partial charge in [0.15, 0.2) is 0 Å². The zero-order chi connectivity index (χ0) is 15.1. The van der Waals surface area contributed by atoms with Crippen LogP contribution in [0.1, 0.15) is 64.7 Å². The van der Waals surface area contributed by atoms with Crippen molar-refractivity contribution < 1.29 is 4.79 Å². The fraction of sp³-hybridized carbons (Fsp3) is 0.944. The van der Waals surface area contributed by atoms with Gasteiger partial charge in [-0.15, -0.1) is 0 Å². The monoisotopic (exact) mass is 294 g/mol. The summed E-state index contributed by atoms with van der Waals surface area (Å²) < 4.78 is 0. The zero-order valence-electron chi connectivity index (χ0n) is 14.1. The molecule has 0 aromatic heterocycles. The summed E-state index contributed by atoms with van der Waals surface area (Å²) in [5, 5.41) is 3.40. The molecule has 0 atom stereocenters. The number of carbonyl (C=O) groups excluding carboxylic acids is 1. The number of hydrogen-bond acceptors (Lipinski definition) is 2. The largest absolute Gasteiger partial charge is 0.345 e. The Hall–Kier alpha value is -0.570. The number of piperidine rings is 1. The van der Waals surface area contributed by atoms with Gasteiger partial charge in [0.1, 0.15) is 0 Å². The van der Waals surface area contributed by atoms with E-state index in [-0.39, 0.29) is 0 Å². The van der Waals surface area contributed by atoms with Crippen LogP contribution in [0.15, 0.2) is 0 Å². The molecule has 122 valence electrons. The van der Waals surface area contributed by atoms with Crippen LogP contribution in [0.2, 0.25) is 0 Å². The highest BCUT2D eigenvalue weighted by molar-refractivity contribution is 5.78. The number of hydrogen-bond donors (Lipinski definition) is 1. The Labute approximate surface area is 130 Å². The van der Waals surface area contributed by atoms with Crippen molar-refractivity contribution in [1.29, 1.82) is 0 Å². The van der Waals surface area contributed by atoms with E-state index in [0.717, 1.165) is 38.4 Å². The summed E-state index contributed by atoms with van der Waals surface area (Å²) in [6.45, 7) is 5.48. The predicted molar refractivity (Wildman–Crippen MR) is 88.2 cm³/mol. The van der Waals surface area contributed by atoms with Crippen molar-refractivity contribution in [3.05, 3.63) is 0 Å². The Morgan fingerprint density at radius 1 is 1.05 bits per heavy atom. The lowest BCUT2D eigenvalue weighted by Gasteiger charge is -2.33. The third-order valence-electron chi connectivity index (χ3n) is 5.53. The molecular formula is C18H34N2O. The fourth-order valence-corrected chi connectivity index (χ4v) is 4.04. The molecular weight excluding hydrogens is 260 g/mol. The minimum absolute atomic E-state index is 0.314. The first-order valence-electron chi connectivity index (χ1n) is 9.16. The SMILES string of the molecule is CCCCC1CCC(C(=O)N(C)CC2CCNCC2)CC1. The second-order valence-corrected chi connectivity index (χ2v) is 7.27. The van der Waals surface area contributed by atoms with Gasteiger partial charge in [-0.1, -0.05) is 26.2 Å². The lowest BCUT2D eigenvalue weighted by molar-refractivity contribution is -0.136. The Kier molecular flexibility index (Phi) is 7.01. The highest BCUT2D eigenvalue weighted by Crippen LogP contribution is 2.33. The lowest BCUT2D eigenvalue weighted by atomic mass is 9.79. The molecule has 0 aromatic carbocycles. The lowest BCUT2D eigenvalue weighted by Crippen LogP contribution is -2.40. The molecule has 3 heteroatoms. The van der Waals surface area contributed by atoms with E-state index in [1.165, 1.54) is 44.9 Å². The molecule has 1 aliphatic heterocycles. The zero-order valence-corrected chi connectivity index (χ0v) is 14.1. The Balaban J connectivity index is 1.70. The quantitative estimate of drug-likeness (QED) is 0.814. The van der Waals surface area contributed by atoms with Gasteiger partial charge >= 0.3 is 0 Å². The van der Waals surface area contributed by atoms with E-state index in [0.29, 0.717) is 17.7 Å². The highest BCUT2D eigenvalue weighted by Gasteiger charge is 2.29. The van der Waals surface area contributed by atoms with E-state index in [2.05, 4.69) is 12.2 Å². The number of rotatable bonds is 6. The van der Waals surface area contributed by atoms with Gasteiger partial charge < -0.3 is 10.2 Å². The summed E-state index contributed by atoms with van der Waals surface area (Å²) in [7, 11) is 2.02. The van der Waals surface area contributed by atoms with Crippen LogP contribution in [0.4, 0.5) is 0 Å². The summed E-state index contributed by atoms with van der Waals surface area (Å²) in [5.74, 6) is 2.34. The van der Waals surface area contributed by atoms with Crippen LogP contribution in [-0.4, -0.2) is 37.5 Å². The van der Waals surface area contributed by atoms with E-state index >= 15 is 0 Å². The molecule has 0 aromatic rings. The fourth-order valence-electron chi connectivity index (χ4n) is 4.04. The van der Waals surface area contributed by atoms with Gasteiger partial charge in [-0.3, -0.25) is 4.79 Å². The van der Waals surface area contributed by atoms with Crippen molar-refractivity contribution in [2.75, 3.05) is 26.7 Å². The molecule has 0 unspecified atom stereocenters. The van der Waals surface area contributed by atoms with Crippen LogP contribution in [0, 0.1) is 17.8 Å². The highest BCUT2D eigenvalue weighted by atomic mass is 16.2. The van der Waals surface area contributed by atoms with Gasteiger partial charge in [0.05, 0.1) is 0 Å². The molecule has 1 N–H and O–H groups in total. The summed E-state index contributed by atoms with van der Waals surface area (Å²) in [6, 6.07) is 0. The summed E-state index contributed by atoms with van der Waals surface area (Å²) in [4.78, 5) is 14.6. The van der Waals surface area contributed by atoms with Crippen LogP contribution in [0.3, 0.4) is 0 Å². The standard InChI is InChI=1S/C18H34N2O/c1-3-4-5-15-6-8-17(9-7-15)18(21)20(2)14-16-10-12-19-13-11-16/h15-17,19H,3-14H2,1-2H3. The van der Waals surface area contributed by atoms with Crippen molar-refractivity contribution in [1.82, 2.24) is 10.2 Å². The molecule has 1 heterocycles. The maximum Gasteiger partial charge on any atom is 0.225 e. The first-order chi connectivity index (χ1) is 10.2. The van der Waals surface area contributed by atoms with Gasteiger partial charge in [-0.05, 0) is 63.5 Å². The van der Waals surface area contributed by atoms with E-state index in [1.807, 2.05) is 11.9 Å². The van der Waals surface area contributed by atoms with E-state index < -0.39 is 0 Å². The average Bonchev–Trinajstić information content (AvgIpc) is 2.53. The first-order valence-corrected chi connectivity index (χ1v) is 9.16. The molecule has 21 heavy (non-hydrogen) atoms. The Morgan fingerprint density at radius 2 is 1.71 bits per heavy atom. The van der Waals surface area contributed by atoms with Gasteiger partial charge in [0.25, 0.3) is 0 Å². The average molecular weight is 294 g/mol. The Morgan fingerprint density at radius 3 is 2.33 bits per heavy atom. The van der Waals surface area contributed by atoms with Gasteiger partial charge in [-0.25, -0.2) is 0 Å². The number of nitrogens with zero attached hydrogens (tertiary/aromatic N) is 1. The van der Waals surface area contributed by atoms with Crippen LogP contribution >= 0.6 is 0 Å². The van der Waals surface area contributed by atoms with Gasteiger partial charge in [-0.2, -0.15) is 0 Å². The number of unbranched alkanes of at least 4 members (excludes halogenated alkanes) is 1. The van der Waals surface area contributed by atoms with Crippen LogP contribution in [-0.2, 0) is 4.79 Å². The first kappa shape index (κ1) is 16.8. The molecule has 0 bridgehead atoms. The van der Waals surface area contributed by atoms with Crippen molar-refractivity contribution in [2.45, 2.75) is 64.7 Å². The molecule has 1 saturated heterocycles. The van der Waals surface area contributed by atoms with E-state index in [1.54, 1.807) is 0 Å². The van der Waals surface area contributed by atoms with E-state index in [4.69, 9.17) is 0 Å². The molecule has 0 radical (unpaired) electrons. The summed E-state index contributed by atoms with van der Waals surface area (Å²) in [5.41, 5.74) is 0. The summed E-state index contributed by atoms with van der Waals surface area (Å²) >= 11 is 0. The minimum Gasteiger partial charge on any atom is -0.345 e. The smallest absolute Gasteiger partial charge is 0.225 e. The van der Waals surface area contributed by atoms with Gasteiger partial charge in [0, 0.05) is 19.5 Å². The van der Waals surface area contributed by atoms with Crippen molar-refractivity contribution >= 4 is 5.91 Å². The topological polar surface area (TPSA) is 32.3 Å². The van der Waals surface area contributed by atoms with Crippen LogP contribution in [0.5, 0.6) is 0 Å². The molecule has 1 aliphatic carbocycles. The van der Waals surface area contributed by atoms with Crippen molar-refractivity contribution in [2.24, 2.45) is 17.8 Å².